The summed E-state index contributed by atoms with van der Waals surface area (Å²) in [4.78, 5) is 21.2. The molecule has 1 aromatic carbocycles. The van der Waals surface area contributed by atoms with Crippen molar-refractivity contribution in [2.45, 2.75) is 13.3 Å². The minimum absolute atomic E-state index is 0.227. The van der Waals surface area contributed by atoms with Crippen LogP contribution in [0.3, 0.4) is 0 Å². The van der Waals surface area contributed by atoms with Gasteiger partial charge in [0.1, 0.15) is 0 Å². The summed E-state index contributed by atoms with van der Waals surface area (Å²) in [5, 5.41) is 13.0. The first-order chi connectivity index (χ1) is 8.54. The van der Waals surface area contributed by atoms with Gasteiger partial charge in [-0.1, -0.05) is 6.92 Å². The van der Waals surface area contributed by atoms with Gasteiger partial charge in [-0.2, -0.15) is 16.2 Å². The van der Waals surface area contributed by atoms with Gasteiger partial charge in [-0.3, -0.25) is 14.9 Å². The Morgan fingerprint density at radius 2 is 2.28 bits per heavy atom. The third-order valence-corrected chi connectivity index (χ3v) is 3.17. The van der Waals surface area contributed by atoms with Gasteiger partial charge in [0, 0.05) is 11.8 Å². The van der Waals surface area contributed by atoms with E-state index in [1.807, 2.05) is 6.92 Å². The van der Waals surface area contributed by atoms with Crippen LogP contribution in [-0.2, 0) is 4.79 Å². The molecule has 0 heterocycles. The van der Waals surface area contributed by atoms with Crippen LogP contribution in [0, 0.1) is 15.9 Å². The van der Waals surface area contributed by atoms with E-state index in [2.05, 4.69) is 5.32 Å². The second kappa shape index (κ2) is 6.95. The molecule has 0 unspecified atom stereocenters. The van der Waals surface area contributed by atoms with Crippen molar-refractivity contribution in [1.29, 1.82) is 0 Å². The van der Waals surface area contributed by atoms with Crippen LogP contribution in [-0.4, -0.2) is 22.3 Å². The smallest absolute Gasteiger partial charge is 0.306 e. The molecule has 0 saturated heterocycles. The van der Waals surface area contributed by atoms with Crippen LogP contribution in [0.1, 0.15) is 13.3 Å². The summed E-state index contributed by atoms with van der Waals surface area (Å²) < 4.78 is 13.0. The minimum Gasteiger partial charge on any atom is -0.325 e. The number of carbonyl (C=O) groups excluding carboxylic acids is 1. The number of hydrogen-bond acceptors (Lipinski definition) is 4. The van der Waals surface area contributed by atoms with Gasteiger partial charge in [0.2, 0.25) is 11.7 Å². The Morgan fingerprint density at radius 1 is 1.56 bits per heavy atom. The van der Waals surface area contributed by atoms with Gasteiger partial charge in [0.15, 0.2) is 0 Å². The van der Waals surface area contributed by atoms with E-state index in [0.717, 1.165) is 24.3 Å². The number of halogens is 1. The van der Waals surface area contributed by atoms with Crippen molar-refractivity contribution in [2.75, 3.05) is 16.8 Å². The van der Waals surface area contributed by atoms with E-state index in [1.165, 1.54) is 17.8 Å². The van der Waals surface area contributed by atoms with E-state index in [-0.39, 0.29) is 17.3 Å². The molecular weight excluding hydrogens is 259 g/mol. The first-order valence-electron chi connectivity index (χ1n) is 5.36. The highest BCUT2D eigenvalue weighted by atomic mass is 32.2. The van der Waals surface area contributed by atoms with Crippen molar-refractivity contribution in [1.82, 2.24) is 0 Å². The van der Waals surface area contributed by atoms with Crippen molar-refractivity contribution >= 4 is 29.0 Å². The molecule has 0 bridgehead atoms. The second-order valence-corrected chi connectivity index (χ2v) is 4.63. The fourth-order valence-corrected chi connectivity index (χ4v) is 1.93. The van der Waals surface area contributed by atoms with Crippen LogP contribution in [0.5, 0.6) is 0 Å². The quantitative estimate of drug-likeness (QED) is 0.491. The van der Waals surface area contributed by atoms with E-state index in [0.29, 0.717) is 0 Å². The lowest BCUT2D eigenvalue weighted by molar-refractivity contribution is -0.387. The van der Waals surface area contributed by atoms with E-state index in [1.54, 1.807) is 0 Å². The molecular formula is C11H13FN2O3S. The highest BCUT2D eigenvalue weighted by molar-refractivity contribution is 7.99. The fraction of sp³-hybridized carbons (Fsp3) is 0.364. The maximum Gasteiger partial charge on any atom is 0.306 e. The predicted molar refractivity (Wildman–Crippen MR) is 69.3 cm³/mol. The summed E-state index contributed by atoms with van der Waals surface area (Å²) in [5.41, 5.74) is -0.417. The number of hydrogen-bond donors (Lipinski definition) is 1. The maximum atomic E-state index is 13.0. The molecule has 0 spiro atoms. The van der Waals surface area contributed by atoms with Gasteiger partial charge in [0.05, 0.1) is 10.7 Å². The third-order valence-electron chi connectivity index (χ3n) is 2.01. The van der Waals surface area contributed by atoms with E-state index >= 15 is 0 Å². The Balaban J connectivity index is 2.65. The zero-order chi connectivity index (χ0) is 13.5. The van der Waals surface area contributed by atoms with Crippen LogP contribution >= 0.6 is 11.8 Å². The van der Waals surface area contributed by atoms with Crippen LogP contribution in [0.4, 0.5) is 15.8 Å². The first-order valence-corrected chi connectivity index (χ1v) is 6.51. The molecule has 1 N–H and O–H groups in total. The molecule has 1 amide bonds. The molecule has 18 heavy (non-hydrogen) atoms. The molecule has 0 atom stereocenters. The lowest BCUT2D eigenvalue weighted by atomic mass is 10.2. The normalized spacial score (nSPS) is 10.1. The van der Waals surface area contributed by atoms with Gasteiger partial charge in [0.25, 0.3) is 0 Å². The van der Waals surface area contributed by atoms with Gasteiger partial charge >= 0.3 is 5.69 Å². The summed E-state index contributed by atoms with van der Waals surface area (Å²) in [6.45, 7) is 2.01. The molecule has 0 radical (unpaired) electrons. The number of carbonyl (C=O) groups is 1. The molecule has 7 heteroatoms. The number of nitrogens with one attached hydrogen (secondary N) is 1. The van der Waals surface area contributed by atoms with Gasteiger partial charge in [-0.25, -0.2) is 0 Å². The number of amides is 1. The SMILES string of the molecule is CCCSCC(=O)Nc1ccc(F)c([N+](=O)[O-])c1. The van der Waals surface area contributed by atoms with Crippen LogP contribution in [0.15, 0.2) is 18.2 Å². The molecule has 0 aliphatic carbocycles. The van der Waals surface area contributed by atoms with Gasteiger partial charge in [-0.05, 0) is 24.3 Å². The lowest BCUT2D eigenvalue weighted by Crippen LogP contribution is -2.14. The van der Waals surface area contributed by atoms with E-state index < -0.39 is 16.4 Å². The average molecular weight is 272 g/mol. The van der Waals surface area contributed by atoms with Crippen molar-refractivity contribution in [2.24, 2.45) is 0 Å². The Kier molecular flexibility index (Phi) is 5.57. The Morgan fingerprint density at radius 3 is 2.89 bits per heavy atom. The summed E-state index contributed by atoms with van der Waals surface area (Å²) in [6.07, 6.45) is 0.972. The Labute approximate surface area is 108 Å². The van der Waals surface area contributed by atoms with Crippen molar-refractivity contribution < 1.29 is 14.1 Å². The summed E-state index contributed by atoms with van der Waals surface area (Å²) in [5.74, 6) is -0.0246. The number of nitro groups is 1. The van der Waals surface area contributed by atoms with Gasteiger partial charge < -0.3 is 5.32 Å². The molecule has 0 aromatic heterocycles. The first kappa shape index (κ1) is 14.4. The molecule has 1 aromatic rings. The largest absolute Gasteiger partial charge is 0.325 e. The van der Waals surface area contributed by atoms with Crippen molar-refractivity contribution in [3.05, 3.63) is 34.1 Å². The second-order valence-electron chi connectivity index (χ2n) is 3.52. The Bertz CT molecular complexity index is 454. The maximum absolute atomic E-state index is 13.0. The molecule has 98 valence electrons. The van der Waals surface area contributed by atoms with Crippen LogP contribution < -0.4 is 5.32 Å². The number of nitro benzene ring substituents is 1. The number of anilines is 1. The zero-order valence-corrected chi connectivity index (χ0v) is 10.6. The number of benzene rings is 1. The van der Waals surface area contributed by atoms with Crippen molar-refractivity contribution in [3.63, 3.8) is 0 Å². The van der Waals surface area contributed by atoms with Gasteiger partial charge in [-0.15, -0.1) is 0 Å². The summed E-state index contributed by atoms with van der Waals surface area (Å²) in [6, 6.07) is 3.27. The average Bonchev–Trinajstić information content (AvgIpc) is 2.31. The number of thioether (sulfide) groups is 1. The fourth-order valence-electron chi connectivity index (χ4n) is 1.24. The van der Waals surface area contributed by atoms with E-state index in [4.69, 9.17) is 0 Å². The number of rotatable bonds is 6. The number of nitrogens with zero attached hydrogens (tertiary/aromatic N) is 1. The zero-order valence-electron chi connectivity index (χ0n) is 9.81. The molecule has 0 aliphatic rings. The Hall–Kier alpha value is -1.63. The van der Waals surface area contributed by atoms with Crippen LogP contribution in [0.2, 0.25) is 0 Å². The minimum atomic E-state index is -0.918. The monoisotopic (exact) mass is 272 g/mol. The standard InChI is InChI=1S/C11H13FN2O3S/c1-2-5-18-7-11(15)13-8-3-4-9(12)10(6-8)14(16)17/h3-4,6H,2,5,7H2,1H3,(H,13,15). The van der Waals surface area contributed by atoms with E-state index in [9.17, 15) is 19.3 Å². The summed E-state index contributed by atoms with van der Waals surface area (Å²) in [7, 11) is 0. The lowest BCUT2D eigenvalue weighted by Gasteiger charge is -2.04. The molecule has 0 fully saturated rings. The molecule has 5 nitrogen and oxygen atoms in total. The highest BCUT2D eigenvalue weighted by Crippen LogP contribution is 2.21. The summed E-state index contributed by atoms with van der Waals surface area (Å²) >= 11 is 1.47. The molecule has 0 saturated carbocycles. The van der Waals surface area contributed by atoms with Crippen LogP contribution in [0.25, 0.3) is 0 Å². The third kappa shape index (κ3) is 4.33. The van der Waals surface area contributed by atoms with Crippen molar-refractivity contribution in [3.8, 4) is 0 Å². The predicted octanol–water partition coefficient (Wildman–Crippen LogP) is 2.82. The highest BCUT2D eigenvalue weighted by Gasteiger charge is 2.15. The molecule has 0 aliphatic heterocycles. The topological polar surface area (TPSA) is 72.2 Å². The molecule has 1 rings (SSSR count).